The molecule has 2 heterocycles. The fourth-order valence-corrected chi connectivity index (χ4v) is 4.89. The van der Waals surface area contributed by atoms with E-state index in [0.717, 1.165) is 5.56 Å². The van der Waals surface area contributed by atoms with E-state index < -0.39 is 48.1 Å². The van der Waals surface area contributed by atoms with E-state index in [1.165, 1.54) is 9.80 Å². The molecule has 2 aliphatic heterocycles. The number of carbonyl (C=O) groups is 4. The lowest BCUT2D eigenvalue weighted by Crippen LogP contribution is -2.59. The van der Waals surface area contributed by atoms with Crippen LogP contribution in [0, 0.1) is 5.92 Å². The van der Waals surface area contributed by atoms with Crippen molar-refractivity contribution in [3.63, 3.8) is 0 Å². The number of rotatable bonds is 9. The number of likely N-dealkylation sites (tertiary alicyclic amines) is 2. The molecule has 0 bridgehead atoms. The summed E-state index contributed by atoms with van der Waals surface area (Å²) in [7, 11) is 0. The minimum Gasteiger partial charge on any atom is -0.480 e. The van der Waals surface area contributed by atoms with Gasteiger partial charge >= 0.3 is 5.97 Å². The summed E-state index contributed by atoms with van der Waals surface area (Å²) in [5.74, 6) is -2.87. The summed E-state index contributed by atoms with van der Waals surface area (Å²) in [6.07, 6.45) is 0.830. The number of amides is 3. The molecular formula is C25H36N4O6. The monoisotopic (exact) mass is 488 g/mol. The summed E-state index contributed by atoms with van der Waals surface area (Å²) in [6, 6.07) is 5.81. The van der Waals surface area contributed by atoms with Gasteiger partial charge in [0, 0.05) is 19.1 Å². The smallest absolute Gasteiger partial charge is 0.326 e. The lowest BCUT2D eigenvalue weighted by Gasteiger charge is -2.33. The van der Waals surface area contributed by atoms with E-state index in [2.05, 4.69) is 5.32 Å². The Morgan fingerprint density at radius 2 is 1.63 bits per heavy atom. The van der Waals surface area contributed by atoms with Gasteiger partial charge in [-0.3, -0.25) is 14.4 Å². The van der Waals surface area contributed by atoms with E-state index in [1.807, 2.05) is 30.3 Å². The molecular weight excluding hydrogens is 452 g/mol. The van der Waals surface area contributed by atoms with Crippen LogP contribution in [0.15, 0.2) is 30.3 Å². The van der Waals surface area contributed by atoms with Crippen LogP contribution in [0.25, 0.3) is 0 Å². The van der Waals surface area contributed by atoms with E-state index in [4.69, 9.17) is 5.73 Å². The van der Waals surface area contributed by atoms with Gasteiger partial charge in [-0.2, -0.15) is 0 Å². The molecule has 10 nitrogen and oxygen atoms in total. The first-order chi connectivity index (χ1) is 16.6. The predicted molar refractivity (Wildman–Crippen MR) is 128 cm³/mol. The molecule has 2 saturated heterocycles. The highest BCUT2D eigenvalue weighted by atomic mass is 16.4. The van der Waals surface area contributed by atoms with Gasteiger partial charge in [-0.15, -0.1) is 0 Å². The number of aliphatic hydroxyl groups is 1. The molecule has 1 aromatic carbocycles. The van der Waals surface area contributed by atoms with Gasteiger partial charge in [-0.1, -0.05) is 44.2 Å². The predicted octanol–water partition coefficient (Wildman–Crippen LogP) is 0.125. The molecule has 35 heavy (non-hydrogen) atoms. The van der Waals surface area contributed by atoms with Crippen LogP contribution < -0.4 is 11.1 Å². The summed E-state index contributed by atoms with van der Waals surface area (Å²) in [5.41, 5.74) is 6.94. The summed E-state index contributed by atoms with van der Waals surface area (Å²) >= 11 is 0. The van der Waals surface area contributed by atoms with Gasteiger partial charge in [0.05, 0.1) is 0 Å². The maximum atomic E-state index is 13.5. The first-order valence-electron chi connectivity index (χ1n) is 12.2. The molecule has 3 rings (SSSR count). The number of aliphatic carboxylic acids is 1. The van der Waals surface area contributed by atoms with Crippen molar-refractivity contribution in [1.29, 1.82) is 0 Å². The Balaban J connectivity index is 1.67. The van der Waals surface area contributed by atoms with Crippen molar-refractivity contribution in [3.05, 3.63) is 35.9 Å². The van der Waals surface area contributed by atoms with E-state index in [-0.39, 0.29) is 11.8 Å². The molecule has 3 amide bonds. The highest BCUT2D eigenvalue weighted by Gasteiger charge is 2.44. The quantitative estimate of drug-likeness (QED) is 0.385. The average molecular weight is 489 g/mol. The van der Waals surface area contributed by atoms with Crippen LogP contribution in [0.4, 0.5) is 0 Å². The van der Waals surface area contributed by atoms with Crippen LogP contribution in [0.3, 0.4) is 0 Å². The van der Waals surface area contributed by atoms with Gasteiger partial charge < -0.3 is 31.1 Å². The van der Waals surface area contributed by atoms with Crippen LogP contribution in [0.1, 0.15) is 45.1 Å². The fraction of sp³-hybridized carbons (Fsp3) is 0.600. The molecule has 0 spiro atoms. The van der Waals surface area contributed by atoms with Crippen LogP contribution in [0.5, 0.6) is 0 Å². The third-order valence-corrected chi connectivity index (χ3v) is 6.86. The van der Waals surface area contributed by atoms with Crippen molar-refractivity contribution in [2.45, 2.75) is 76.2 Å². The molecule has 1 aromatic rings. The molecule has 2 fully saturated rings. The number of nitrogens with zero attached hydrogens (tertiary/aromatic N) is 2. The Hall–Kier alpha value is -2.98. The normalized spacial score (nSPS) is 22.7. The Morgan fingerprint density at radius 1 is 1.03 bits per heavy atom. The molecule has 0 aromatic heterocycles. The number of carboxylic acids is 1. The standard InChI is InChI=1S/C25H36N4O6/c1-15(2)20(27-22(31)21(30)17(26)14-16-8-4-3-5-9-16)24(33)28-12-6-10-18(28)23(32)29-13-7-11-19(29)25(34)35/h3-5,8-9,15,17-21,30H,6-7,10-14,26H2,1-2H3,(H,27,31)(H,34,35)/t17-,18+,19+,20+,21-/m1/s1. The number of hydrogen-bond acceptors (Lipinski definition) is 6. The molecule has 5 N–H and O–H groups in total. The van der Waals surface area contributed by atoms with E-state index in [1.54, 1.807) is 13.8 Å². The Labute approximate surface area is 205 Å². The molecule has 0 saturated carbocycles. The van der Waals surface area contributed by atoms with Crippen molar-refractivity contribution in [2.75, 3.05) is 13.1 Å². The zero-order valence-corrected chi connectivity index (χ0v) is 20.3. The Morgan fingerprint density at radius 3 is 2.23 bits per heavy atom. The first-order valence-corrected chi connectivity index (χ1v) is 12.2. The summed E-state index contributed by atoms with van der Waals surface area (Å²) in [4.78, 5) is 53.8. The number of carbonyl (C=O) groups excluding carboxylic acids is 3. The van der Waals surface area contributed by atoms with E-state index in [9.17, 15) is 29.4 Å². The highest BCUT2D eigenvalue weighted by molar-refractivity contribution is 5.94. The lowest BCUT2D eigenvalue weighted by atomic mass is 9.99. The fourth-order valence-electron chi connectivity index (χ4n) is 4.89. The minimum absolute atomic E-state index is 0.291. The van der Waals surface area contributed by atoms with Crippen molar-refractivity contribution in [3.8, 4) is 0 Å². The lowest BCUT2D eigenvalue weighted by molar-refractivity contribution is -0.152. The molecule has 5 atom stereocenters. The third-order valence-electron chi connectivity index (χ3n) is 6.86. The number of benzene rings is 1. The molecule has 192 valence electrons. The average Bonchev–Trinajstić information content (AvgIpc) is 3.51. The zero-order chi connectivity index (χ0) is 25.7. The molecule has 10 heteroatoms. The van der Waals surface area contributed by atoms with Crippen molar-refractivity contribution in [2.24, 2.45) is 11.7 Å². The summed E-state index contributed by atoms with van der Waals surface area (Å²) < 4.78 is 0. The minimum atomic E-state index is -1.51. The second kappa shape index (κ2) is 11.6. The van der Waals surface area contributed by atoms with Crippen LogP contribution in [0.2, 0.25) is 0 Å². The molecule has 0 aliphatic carbocycles. The van der Waals surface area contributed by atoms with Gasteiger partial charge in [0.15, 0.2) is 0 Å². The Kier molecular flexibility index (Phi) is 8.85. The molecule has 2 aliphatic rings. The Bertz CT molecular complexity index is 924. The van der Waals surface area contributed by atoms with E-state index in [0.29, 0.717) is 45.2 Å². The zero-order valence-electron chi connectivity index (χ0n) is 20.3. The number of hydrogen-bond donors (Lipinski definition) is 4. The molecule has 0 unspecified atom stereocenters. The summed E-state index contributed by atoms with van der Waals surface area (Å²) in [5, 5.41) is 22.6. The maximum absolute atomic E-state index is 13.5. The van der Waals surface area contributed by atoms with Crippen molar-refractivity contribution < 1.29 is 29.4 Å². The SMILES string of the molecule is CC(C)[C@H](NC(=O)[C@H](O)[C@H](N)Cc1ccccc1)C(=O)N1CCC[C@H]1C(=O)N1CCC[C@H]1C(=O)O. The second-order valence-electron chi connectivity index (χ2n) is 9.75. The topological polar surface area (TPSA) is 153 Å². The third kappa shape index (κ3) is 6.18. The van der Waals surface area contributed by atoms with Crippen LogP contribution in [-0.2, 0) is 25.6 Å². The van der Waals surface area contributed by atoms with Crippen LogP contribution >= 0.6 is 0 Å². The van der Waals surface area contributed by atoms with E-state index >= 15 is 0 Å². The van der Waals surface area contributed by atoms with Gasteiger partial charge in [0.25, 0.3) is 5.91 Å². The highest BCUT2D eigenvalue weighted by Crippen LogP contribution is 2.26. The largest absolute Gasteiger partial charge is 0.480 e. The van der Waals surface area contributed by atoms with Crippen LogP contribution in [-0.4, -0.2) is 87.1 Å². The summed E-state index contributed by atoms with van der Waals surface area (Å²) in [6.45, 7) is 4.24. The number of aliphatic hydroxyl groups excluding tert-OH is 1. The van der Waals surface area contributed by atoms with Gasteiger partial charge in [0.1, 0.15) is 24.2 Å². The number of carboxylic acid groups (broad SMARTS) is 1. The first kappa shape index (κ1) is 26.6. The number of nitrogens with two attached hydrogens (primary N) is 1. The number of nitrogens with one attached hydrogen (secondary N) is 1. The van der Waals surface area contributed by atoms with Gasteiger partial charge in [-0.05, 0) is 43.6 Å². The molecule has 0 radical (unpaired) electrons. The maximum Gasteiger partial charge on any atom is 0.326 e. The van der Waals surface area contributed by atoms with Gasteiger partial charge in [-0.25, -0.2) is 4.79 Å². The second-order valence-corrected chi connectivity index (χ2v) is 9.75. The van der Waals surface area contributed by atoms with Crippen molar-refractivity contribution in [1.82, 2.24) is 15.1 Å². The van der Waals surface area contributed by atoms with Gasteiger partial charge in [0.2, 0.25) is 11.8 Å². The van der Waals surface area contributed by atoms with Crippen molar-refractivity contribution >= 4 is 23.7 Å².